The van der Waals surface area contributed by atoms with E-state index in [1.54, 1.807) is 18.6 Å². The molecule has 7 heteroatoms. The molecule has 0 atom stereocenters. The Labute approximate surface area is 119 Å². The Balaban J connectivity index is 1.83. The van der Waals surface area contributed by atoms with Crippen LogP contribution in [0.5, 0.6) is 0 Å². The Morgan fingerprint density at radius 3 is 2.76 bits per heavy atom. The number of aliphatic imine (C=N–C) groups is 1. The van der Waals surface area contributed by atoms with Crippen molar-refractivity contribution in [2.45, 2.75) is 6.42 Å². The van der Waals surface area contributed by atoms with Crippen LogP contribution in [-0.2, 0) is 4.79 Å². The lowest BCUT2D eigenvalue weighted by atomic mass is 10.1. The highest BCUT2D eigenvalue weighted by molar-refractivity contribution is 5.89. The van der Waals surface area contributed by atoms with Crippen LogP contribution in [0.2, 0.25) is 0 Å². The molecule has 1 fully saturated rings. The fourth-order valence-electron chi connectivity index (χ4n) is 2.57. The van der Waals surface area contributed by atoms with Crippen molar-refractivity contribution in [2.75, 3.05) is 6.54 Å². The lowest BCUT2D eigenvalue weighted by molar-refractivity contribution is -0.123. The van der Waals surface area contributed by atoms with Gasteiger partial charge < -0.3 is 10.2 Å². The molecule has 21 heavy (non-hydrogen) atoms. The molecule has 0 saturated carbocycles. The first-order valence-electron chi connectivity index (χ1n) is 6.52. The molecular formula is C14H11N5O2. The molecule has 0 aromatic carbocycles. The van der Waals surface area contributed by atoms with Crippen molar-refractivity contribution in [3.63, 3.8) is 0 Å². The van der Waals surface area contributed by atoms with Gasteiger partial charge in [-0.3, -0.25) is 19.1 Å². The van der Waals surface area contributed by atoms with Crippen molar-refractivity contribution >= 4 is 17.8 Å². The van der Waals surface area contributed by atoms with E-state index in [1.165, 1.54) is 10.8 Å². The molecule has 0 aliphatic carbocycles. The minimum atomic E-state index is -0.209. The summed E-state index contributed by atoms with van der Waals surface area (Å²) in [5.74, 6) is 0.724. The van der Waals surface area contributed by atoms with Gasteiger partial charge in [0.1, 0.15) is 0 Å². The number of nitrogens with zero attached hydrogens (tertiary/aromatic N) is 4. The SMILES string of the molecule is O=C1CC(=C2C=CC(n3ccncc3=O)=C3N=CCN23)N1. The fourth-order valence-corrected chi connectivity index (χ4v) is 2.57. The molecule has 1 aromatic heterocycles. The average molecular weight is 281 g/mol. The molecule has 4 rings (SSSR count). The number of aromatic nitrogens is 2. The van der Waals surface area contributed by atoms with Crippen LogP contribution in [0.15, 0.2) is 57.7 Å². The topological polar surface area (TPSA) is 79.6 Å². The number of nitrogens with one attached hydrogen (secondary N) is 1. The van der Waals surface area contributed by atoms with Crippen LogP contribution >= 0.6 is 0 Å². The molecule has 0 bridgehead atoms. The third-order valence-electron chi connectivity index (χ3n) is 3.57. The largest absolute Gasteiger partial charge is 0.327 e. The lowest BCUT2D eigenvalue weighted by Crippen LogP contribution is -2.39. The Kier molecular flexibility index (Phi) is 2.41. The van der Waals surface area contributed by atoms with Crippen molar-refractivity contribution in [2.24, 2.45) is 4.99 Å². The van der Waals surface area contributed by atoms with Crippen LogP contribution in [0, 0.1) is 0 Å². The molecule has 1 aromatic rings. The van der Waals surface area contributed by atoms with Crippen molar-refractivity contribution in [3.05, 3.63) is 58.3 Å². The summed E-state index contributed by atoms with van der Waals surface area (Å²) in [6, 6.07) is 0. The fraction of sp³-hybridized carbons (Fsp3) is 0.143. The van der Waals surface area contributed by atoms with Gasteiger partial charge in [-0.25, -0.2) is 4.99 Å². The van der Waals surface area contributed by atoms with Crippen LogP contribution in [0.4, 0.5) is 0 Å². The van der Waals surface area contributed by atoms with Crippen LogP contribution < -0.4 is 10.9 Å². The molecule has 4 heterocycles. The number of carbonyl (C=O) groups is 1. The highest BCUT2D eigenvalue weighted by atomic mass is 16.2. The zero-order chi connectivity index (χ0) is 14.4. The maximum atomic E-state index is 11.9. The number of fused-ring (bicyclic) bond motifs is 1. The van der Waals surface area contributed by atoms with Crippen molar-refractivity contribution < 1.29 is 4.79 Å². The summed E-state index contributed by atoms with van der Waals surface area (Å²) < 4.78 is 1.51. The molecule has 1 N–H and O–H groups in total. The quantitative estimate of drug-likeness (QED) is 0.738. The zero-order valence-electron chi connectivity index (χ0n) is 11.0. The number of carbonyl (C=O) groups excluding carboxylic acids is 1. The molecule has 7 nitrogen and oxygen atoms in total. The van der Waals surface area contributed by atoms with Gasteiger partial charge in [0.15, 0.2) is 5.82 Å². The first kappa shape index (κ1) is 11.8. The first-order chi connectivity index (χ1) is 10.2. The van der Waals surface area contributed by atoms with Crippen LogP contribution in [0.25, 0.3) is 5.70 Å². The molecule has 0 unspecified atom stereocenters. The van der Waals surface area contributed by atoms with E-state index >= 15 is 0 Å². The molecule has 104 valence electrons. The monoisotopic (exact) mass is 281 g/mol. The Hall–Kier alpha value is -2.96. The second kappa shape index (κ2) is 4.27. The third kappa shape index (κ3) is 1.74. The van der Waals surface area contributed by atoms with Crippen molar-refractivity contribution in [1.29, 1.82) is 0 Å². The third-order valence-corrected chi connectivity index (χ3v) is 3.57. The van der Waals surface area contributed by atoms with E-state index in [2.05, 4.69) is 15.3 Å². The molecule has 3 aliphatic rings. The van der Waals surface area contributed by atoms with E-state index in [0.717, 1.165) is 11.4 Å². The van der Waals surface area contributed by atoms with E-state index in [4.69, 9.17) is 0 Å². The summed E-state index contributed by atoms with van der Waals surface area (Å²) in [5, 5.41) is 2.78. The second-order valence-electron chi connectivity index (χ2n) is 4.84. The summed E-state index contributed by atoms with van der Waals surface area (Å²) in [6.07, 6.45) is 10.4. The highest BCUT2D eigenvalue weighted by Gasteiger charge is 2.30. The van der Waals surface area contributed by atoms with E-state index in [0.29, 0.717) is 24.5 Å². The minimum absolute atomic E-state index is 0.0210. The van der Waals surface area contributed by atoms with Gasteiger partial charge in [0.2, 0.25) is 5.91 Å². The standard InChI is InChI=1S/C14H11N5O2/c20-12-7-9(17-12)10-1-2-11(14-16-4-6-19(10)14)18-5-3-15-8-13(18)21/h1-5,8H,6-7H2,(H,17,20). The zero-order valence-corrected chi connectivity index (χ0v) is 11.0. The number of β-lactam (4-membered cyclic amide) rings is 1. The maximum absolute atomic E-state index is 11.9. The normalized spacial score (nSPS) is 23.2. The summed E-state index contributed by atoms with van der Waals surface area (Å²) in [5.41, 5.74) is 2.30. The maximum Gasteiger partial charge on any atom is 0.273 e. The average Bonchev–Trinajstić information content (AvgIpc) is 2.93. The first-order valence-corrected chi connectivity index (χ1v) is 6.52. The van der Waals surface area contributed by atoms with Crippen LogP contribution in [-0.4, -0.2) is 33.1 Å². The van der Waals surface area contributed by atoms with Gasteiger partial charge in [0.25, 0.3) is 5.56 Å². The van der Waals surface area contributed by atoms with Gasteiger partial charge in [-0.2, -0.15) is 0 Å². The van der Waals surface area contributed by atoms with E-state index in [9.17, 15) is 9.59 Å². The Morgan fingerprint density at radius 1 is 1.19 bits per heavy atom. The van der Waals surface area contributed by atoms with Gasteiger partial charge in [-0.05, 0) is 12.2 Å². The van der Waals surface area contributed by atoms with Crippen molar-refractivity contribution in [3.8, 4) is 0 Å². The molecule has 1 amide bonds. The lowest BCUT2D eigenvalue weighted by Gasteiger charge is -2.31. The van der Waals surface area contributed by atoms with Crippen molar-refractivity contribution in [1.82, 2.24) is 19.8 Å². The number of amides is 1. The van der Waals surface area contributed by atoms with Gasteiger partial charge in [-0.1, -0.05) is 0 Å². The molecule has 0 radical (unpaired) electrons. The smallest absolute Gasteiger partial charge is 0.273 e. The Morgan fingerprint density at radius 2 is 2.00 bits per heavy atom. The van der Waals surface area contributed by atoms with Gasteiger partial charge in [0.05, 0.1) is 36.3 Å². The second-order valence-corrected chi connectivity index (χ2v) is 4.84. The van der Waals surface area contributed by atoms with Crippen LogP contribution in [0.1, 0.15) is 6.42 Å². The number of rotatable bonds is 1. The Bertz CT molecular complexity index is 818. The number of hydrogen-bond donors (Lipinski definition) is 1. The molecule has 3 aliphatic heterocycles. The molecule has 0 spiro atoms. The van der Waals surface area contributed by atoms with E-state index in [-0.39, 0.29) is 11.5 Å². The highest BCUT2D eigenvalue weighted by Crippen LogP contribution is 2.32. The predicted molar refractivity (Wildman–Crippen MR) is 75.8 cm³/mol. The van der Waals surface area contributed by atoms with Gasteiger partial charge >= 0.3 is 0 Å². The molecule has 1 saturated heterocycles. The number of allylic oxidation sites excluding steroid dienone is 3. The summed E-state index contributed by atoms with van der Waals surface area (Å²) in [4.78, 5) is 33.2. The van der Waals surface area contributed by atoms with Gasteiger partial charge in [-0.15, -0.1) is 0 Å². The summed E-state index contributed by atoms with van der Waals surface area (Å²) in [6.45, 7) is 0.623. The minimum Gasteiger partial charge on any atom is -0.327 e. The van der Waals surface area contributed by atoms with Gasteiger partial charge in [0, 0.05) is 18.6 Å². The molecular weight excluding hydrogens is 270 g/mol. The summed E-state index contributed by atoms with van der Waals surface area (Å²) >= 11 is 0. The predicted octanol–water partition coefficient (Wildman–Crippen LogP) is 0.0571. The van der Waals surface area contributed by atoms with Crippen LogP contribution in [0.3, 0.4) is 0 Å². The van der Waals surface area contributed by atoms with E-state index in [1.807, 2.05) is 17.1 Å². The summed E-state index contributed by atoms with van der Waals surface area (Å²) in [7, 11) is 0. The van der Waals surface area contributed by atoms with E-state index < -0.39 is 0 Å². The number of hydrogen-bond acceptors (Lipinski definition) is 5.